The monoisotopic (exact) mass is 297 g/mol. The molecule has 118 valence electrons. The number of aliphatic hydroxyl groups is 1. The van der Waals surface area contributed by atoms with E-state index < -0.39 is 0 Å². The highest BCUT2D eigenvalue weighted by atomic mass is 16.3. The maximum Gasteiger partial charge on any atom is 0.0685 e. The molecule has 0 aliphatic rings. The zero-order chi connectivity index (χ0) is 15.9. The zero-order valence-corrected chi connectivity index (χ0v) is 13.8. The van der Waals surface area contributed by atoms with Crippen LogP contribution in [0.25, 0.3) is 0 Å². The minimum atomic E-state index is 0.0943. The predicted molar refractivity (Wildman–Crippen MR) is 92.6 cm³/mol. The smallest absolute Gasteiger partial charge is 0.0685 e. The zero-order valence-electron chi connectivity index (χ0n) is 13.8. The number of benzene rings is 2. The van der Waals surface area contributed by atoms with E-state index >= 15 is 0 Å². The first kappa shape index (κ1) is 16.7. The van der Waals surface area contributed by atoms with Gasteiger partial charge in [-0.1, -0.05) is 62.4 Å². The Balaban J connectivity index is 2.15. The fourth-order valence-corrected chi connectivity index (χ4v) is 2.89. The highest BCUT2D eigenvalue weighted by molar-refractivity contribution is 5.30. The number of hydrogen-bond acceptors (Lipinski definition) is 2. The lowest BCUT2D eigenvalue weighted by Gasteiger charge is -2.23. The van der Waals surface area contributed by atoms with Crippen molar-refractivity contribution in [3.05, 3.63) is 70.8 Å². The molecule has 0 aliphatic carbocycles. The Kier molecular flexibility index (Phi) is 6.17. The van der Waals surface area contributed by atoms with Crippen LogP contribution in [0.4, 0.5) is 0 Å². The van der Waals surface area contributed by atoms with E-state index in [0.717, 1.165) is 18.5 Å². The van der Waals surface area contributed by atoms with E-state index in [0.29, 0.717) is 12.0 Å². The topological polar surface area (TPSA) is 32.3 Å². The van der Waals surface area contributed by atoms with Crippen LogP contribution in [0.5, 0.6) is 0 Å². The minimum absolute atomic E-state index is 0.0943. The molecule has 1 unspecified atom stereocenters. The maximum atomic E-state index is 9.46. The van der Waals surface area contributed by atoms with Crippen molar-refractivity contribution in [1.29, 1.82) is 0 Å². The Morgan fingerprint density at radius 3 is 2.23 bits per heavy atom. The van der Waals surface area contributed by atoms with Crippen molar-refractivity contribution in [2.45, 2.75) is 46.4 Å². The SMILES string of the molecule is Cc1ccccc1C(CC(C)C)NCc1ccccc1CO. The number of aryl methyl sites for hydroxylation is 1. The fraction of sp³-hybridized carbons (Fsp3) is 0.400. The Hall–Kier alpha value is -1.64. The van der Waals surface area contributed by atoms with Gasteiger partial charge in [-0.05, 0) is 41.5 Å². The Bertz CT molecular complexity index is 592. The third kappa shape index (κ3) is 4.43. The molecular formula is C20H27NO. The first-order valence-electron chi connectivity index (χ1n) is 8.08. The van der Waals surface area contributed by atoms with Crippen LogP contribution < -0.4 is 5.32 Å². The molecule has 0 aliphatic heterocycles. The molecule has 2 N–H and O–H groups in total. The molecule has 0 saturated carbocycles. The summed E-state index contributed by atoms with van der Waals surface area (Å²) in [5, 5.41) is 13.2. The largest absolute Gasteiger partial charge is 0.392 e. The van der Waals surface area contributed by atoms with Gasteiger partial charge in [0.05, 0.1) is 6.61 Å². The van der Waals surface area contributed by atoms with Crippen molar-refractivity contribution < 1.29 is 5.11 Å². The highest BCUT2D eigenvalue weighted by Gasteiger charge is 2.15. The fourth-order valence-electron chi connectivity index (χ4n) is 2.89. The summed E-state index contributed by atoms with van der Waals surface area (Å²) >= 11 is 0. The van der Waals surface area contributed by atoms with Crippen LogP contribution in [0, 0.1) is 12.8 Å². The van der Waals surface area contributed by atoms with E-state index in [-0.39, 0.29) is 6.61 Å². The van der Waals surface area contributed by atoms with Gasteiger partial charge in [0.2, 0.25) is 0 Å². The summed E-state index contributed by atoms with van der Waals surface area (Å²) < 4.78 is 0. The Morgan fingerprint density at radius 1 is 0.955 bits per heavy atom. The van der Waals surface area contributed by atoms with Gasteiger partial charge in [0.15, 0.2) is 0 Å². The van der Waals surface area contributed by atoms with Crippen LogP contribution in [-0.4, -0.2) is 5.11 Å². The summed E-state index contributed by atoms with van der Waals surface area (Å²) in [4.78, 5) is 0. The molecule has 2 aromatic carbocycles. The number of hydrogen-bond donors (Lipinski definition) is 2. The van der Waals surface area contributed by atoms with E-state index in [1.165, 1.54) is 16.7 Å². The van der Waals surface area contributed by atoms with Crippen LogP contribution in [0.2, 0.25) is 0 Å². The molecule has 0 spiro atoms. The summed E-state index contributed by atoms with van der Waals surface area (Å²) in [6.07, 6.45) is 1.10. The third-order valence-electron chi connectivity index (χ3n) is 4.10. The Morgan fingerprint density at radius 2 is 1.59 bits per heavy atom. The molecule has 2 rings (SSSR count). The molecular weight excluding hydrogens is 270 g/mol. The van der Waals surface area contributed by atoms with Gasteiger partial charge in [0, 0.05) is 12.6 Å². The van der Waals surface area contributed by atoms with Gasteiger partial charge in [-0.25, -0.2) is 0 Å². The van der Waals surface area contributed by atoms with E-state index in [4.69, 9.17) is 0 Å². The standard InChI is InChI=1S/C20H27NO/c1-15(2)12-20(19-11-7-4-8-16(19)3)21-13-17-9-5-6-10-18(17)14-22/h4-11,15,20-22H,12-14H2,1-3H3. The van der Waals surface area contributed by atoms with Gasteiger partial charge < -0.3 is 10.4 Å². The van der Waals surface area contributed by atoms with Gasteiger partial charge in [0.25, 0.3) is 0 Å². The van der Waals surface area contributed by atoms with Gasteiger partial charge in [-0.15, -0.1) is 0 Å². The molecule has 0 heterocycles. The quantitative estimate of drug-likeness (QED) is 0.795. The van der Waals surface area contributed by atoms with E-state index in [9.17, 15) is 5.11 Å². The minimum Gasteiger partial charge on any atom is -0.392 e. The first-order chi connectivity index (χ1) is 10.6. The third-order valence-corrected chi connectivity index (χ3v) is 4.10. The highest BCUT2D eigenvalue weighted by Crippen LogP contribution is 2.25. The summed E-state index contributed by atoms with van der Waals surface area (Å²) in [5.41, 5.74) is 4.88. The Labute approximate surface area is 134 Å². The molecule has 0 bridgehead atoms. The van der Waals surface area contributed by atoms with Crippen LogP contribution in [-0.2, 0) is 13.2 Å². The molecule has 2 nitrogen and oxygen atoms in total. The van der Waals surface area contributed by atoms with Crippen LogP contribution in [0.15, 0.2) is 48.5 Å². The summed E-state index contributed by atoms with van der Waals surface area (Å²) in [6.45, 7) is 7.56. The van der Waals surface area contributed by atoms with Crippen molar-refractivity contribution in [2.75, 3.05) is 0 Å². The van der Waals surface area contributed by atoms with Gasteiger partial charge >= 0.3 is 0 Å². The molecule has 2 heteroatoms. The number of aliphatic hydroxyl groups excluding tert-OH is 1. The number of nitrogens with one attached hydrogen (secondary N) is 1. The average Bonchev–Trinajstić information content (AvgIpc) is 2.52. The lowest BCUT2D eigenvalue weighted by atomic mass is 9.93. The molecule has 0 radical (unpaired) electrons. The van der Waals surface area contributed by atoms with Crippen molar-refractivity contribution in [2.24, 2.45) is 5.92 Å². The molecule has 22 heavy (non-hydrogen) atoms. The second kappa shape index (κ2) is 8.11. The average molecular weight is 297 g/mol. The number of rotatable bonds is 7. The van der Waals surface area contributed by atoms with Crippen LogP contribution in [0.3, 0.4) is 0 Å². The molecule has 0 aromatic heterocycles. The molecule has 0 fully saturated rings. The van der Waals surface area contributed by atoms with Crippen molar-refractivity contribution in [1.82, 2.24) is 5.32 Å². The lowest BCUT2D eigenvalue weighted by molar-refractivity contribution is 0.280. The van der Waals surface area contributed by atoms with E-state index in [1.807, 2.05) is 18.2 Å². The second-order valence-electron chi connectivity index (χ2n) is 6.35. The summed E-state index contributed by atoms with van der Waals surface area (Å²) in [5.74, 6) is 0.630. The molecule has 2 aromatic rings. The van der Waals surface area contributed by atoms with E-state index in [2.05, 4.69) is 56.4 Å². The first-order valence-corrected chi connectivity index (χ1v) is 8.08. The predicted octanol–water partition coefficient (Wildman–Crippen LogP) is 4.36. The van der Waals surface area contributed by atoms with E-state index in [1.54, 1.807) is 0 Å². The van der Waals surface area contributed by atoms with Crippen molar-refractivity contribution in [3.8, 4) is 0 Å². The molecule has 0 saturated heterocycles. The lowest BCUT2D eigenvalue weighted by Crippen LogP contribution is -2.23. The second-order valence-corrected chi connectivity index (χ2v) is 6.35. The van der Waals surface area contributed by atoms with Crippen LogP contribution in [0.1, 0.15) is 48.6 Å². The molecule has 1 atom stereocenters. The summed E-state index contributed by atoms with van der Waals surface area (Å²) in [7, 11) is 0. The van der Waals surface area contributed by atoms with Gasteiger partial charge in [-0.2, -0.15) is 0 Å². The van der Waals surface area contributed by atoms with Gasteiger partial charge in [-0.3, -0.25) is 0 Å². The van der Waals surface area contributed by atoms with Crippen molar-refractivity contribution in [3.63, 3.8) is 0 Å². The van der Waals surface area contributed by atoms with Crippen molar-refractivity contribution >= 4 is 0 Å². The normalized spacial score (nSPS) is 12.6. The molecule has 0 amide bonds. The van der Waals surface area contributed by atoms with Crippen LogP contribution >= 0.6 is 0 Å². The maximum absolute atomic E-state index is 9.46. The van der Waals surface area contributed by atoms with Gasteiger partial charge in [0.1, 0.15) is 0 Å². The summed E-state index contributed by atoms with van der Waals surface area (Å²) in [6, 6.07) is 17.0.